The van der Waals surface area contributed by atoms with Crippen molar-refractivity contribution in [1.82, 2.24) is 0 Å². The molecule has 2 rings (SSSR count). The van der Waals surface area contributed by atoms with Crippen LogP contribution >= 0.6 is 0 Å². The lowest BCUT2D eigenvalue weighted by Crippen LogP contribution is -2.37. The summed E-state index contributed by atoms with van der Waals surface area (Å²) in [7, 11) is 0. The van der Waals surface area contributed by atoms with Crippen molar-refractivity contribution < 1.29 is 4.74 Å². The molecule has 0 aliphatic rings. The van der Waals surface area contributed by atoms with Gasteiger partial charge >= 0.3 is 0 Å². The minimum absolute atomic E-state index is 0.170. The number of ether oxygens (including phenoxy) is 1. The van der Waals surface area contributed by atoms with E-state index in [9.17, 15) is 0 Å². The quantitative estimate of drug-likeness (QED) is 0.437. The second kappa shape index (κ2) is 9.19. The molecule has 0 heterocycles. The summed E-state index contributed by atoms with van der Waals surface area (Å²) < 4.78 is 6.54. The van der Waals surface area contributed by atoms with Crippen LogP contribution in [0.25, 0.3) is 12.2 Å². The first-order valence-corrected chi connectivity index (χ1v) is 9.86. The molecule has 144 valence electrons. The molecule has 0 saturated carbocycles. The van der Waals surface area contributed by atoms with Crippen LogP contribution in [0.15, 0.2) is 61.7 Å². The summed E-state index contributed by atoms with van der Waals surface area (Å²) in [5, 5.41) is 0. The highest BCUT2D eigenvalue weighted by molar-refractivity contribution is 5.48. The Hall–Kier alpha value is -2.12. The van der Waals surface area contributed by atoms with E-state index >= 15 is 0 Å². The fourth-order valence-corrected chi connectivity index (χ4v) is 3.49. The van der Waals surface area contributed by atoms with E-state index in [0.717, 1.165) is 25.7 Å². The van der Waals surface area contributed by atoms with Crippen LogP contribution in [0.4, 0.5) is 0 Å². The molecule has 0 spiro atoms. The van der Waals surface area contributed by atoms with E-state index in [-0.39, 0.29) is 11.2 Å². The molecule has 2 aromatic rings. The predicted octanol–water partition coefficient (Wildman–Crippen LogP) is 7.11. The highest BCUT2D eigenvalue weighted by Crippen LogP contribution is 2.28. The van der Waals surface area contributed by atoms with Crippen molar-refractivity contribution >= 4 is 12.2 Å². The Labute approximate surface area is 165 Å². The van der Waals surface area contributed by atoms with E-state index in [0.29, 0.717) is 0 Å². The van der Waals surface area contributed by atoms with E-state index < -0.39 is 0 Å². The normalized spacial score (nSPS) is 12.0. The summed E-state index contributed by atoms with van der Waals surface area (Å²) >= 11 is 0. The SMILES string of the molecule is C=Cc1cccc(CCC(C)(C)OC(C)(C)CCc2cccc(C=C)c2)c1. The second-order valence-electron chi connectivity index (χ2n) is 8.52. The molecule has 2 aromatic carbocycles. The van der Waals surface area contributed by atoms with Gasteiger partial charge in [0.2, 0.25) is 0 Å². The van der Waals surface area contributed by atoms with Crippen molar-refractivity contribution in [3.05, 3.63) is 83.9 Å². The van der Waals surface area contributed by atoms with Gasteiger partial charge in [-0.25, -0.2) is 0 Å². The first kappa shape index (κ1) is 21.2. The smallest absolute Gasteiger partial charge is 0.0637 e. The third-order valence-electron chi connectivity index (χ3n) is 4.96. The van der Waals surface area contributed by atoms with Crippen LogP contribution in [0.3, 0.4) is 0 Å². The standard InChI is InChI=1S/C26H34O/c1-7-21-11-9-13-23(19-21)15-17-25(3,4)27-26(5,6)18-16-24-14-10-12-22(8-2)20-24/h7-14,19-20H,1-2,15-18H2,3-6H3. The zero-order valence-electron chi connectivity index (χ0n) is 17.4. The first-order valence-electron chi connectivity index (χ1n) is 9.86. The summed E-state index contributed by atoms with van der Waals surface area (Å²) in [6, 6.07) is 17.2. The van der Waals surface area contributed by atoms with Gasteiger partial charge in [0.25, 0.3) is 0 Å². The zero-order chi connectivity index (χ0) is 19.9. The number of benzene rings is 2. The molecule has 1 heteroatoms. The molecule has 0 aliphatic carbocycles. The van der Waals surface area contributed by atoms with Gasteiger partial charge in [-0.1, -0.05) is 73.8 Å². The molecule has 0 atom stereocenters. The van der Waals surface area contributed by atoms with E-state index in [1.807, 2.05) is 12.2 Å². The molecule has 0 saturated heterocycles. The Morgan fingerprint density at radius 3 is 1.52 bits per heavy atom. The fraction of sp³-hybridized carbons (Fsp3) is 0.385. The molecular weight excluding hydrogens is 328 g/mol. The Balaban J connectivity index is 1.91. The second-order valence-corrected chi connectivity index (χ2v) is 8.52. The Morgan fingerprint density at radius 2 is 1.15 bits per heavy atom. The van der Waals surface area contributed by atoms with Crippen LogP contribution in [-0.2, 0) is 17.6 Å². The lowest BCUT2D eigenvalue weighted by molar-refractivity contribution is -0.128. The maximum atomic E-state index is 6.54. The Kier molecular flexibility index (Phi) is 7.21. The topological polar surface area (TPSA) is 9.23 Å². The van der Waals surface area contributed by atoms with Crippen LogP contribution in [0.5, 0.6) is 0 Å². The lowest BCUT2D eigenvalue weighted by Gasteiger charge is -2.36. The van der Waals surface area contributed by atoms with Crippen LogP contribution in [0.2, 0.25) is 0 Å². The van der Waals surface area contributed by atoms with Crippen LogP contribution in [-0.4, -0.2) is 11.2 Å². The summed E-state index contributed by atoms with van der Waals surface area (Å²) in [4.78, 5) is 0. The van der Waals surface area contributed by atoms with Crippen molar-refractivity contribution in [2.24, 2.45) is 0 Å². The molecule has 0 fully saturated rings. The molecule has 0 aliphatic heterocycles. The van der Waals surface area contributed by atoms with Crippen molar-refractivity contribution in [2.75, 3.05) is 0 Å². The van der Waals surface area contributed by atoms with E-state index in [4.69, 9.17) is 4.74 Å². The maximum Gasteiger partial charge on any atom is 0.0637 e. The average Bonchev–Trinajstić information content (AvgIpc) is 2.64. The molecule has 0 aromatic heterocycles. The minimum atomic E-state index is -0.170. The molecule has 0 bridgehead atoms. The molecule has 0 radical (unpaired) electrons. The first-order chi connectivity index (χ1) is 12.7. The summed E-state index contributed by atoms with van der Waals surface area (Å²) in [6.07, 6.45) is 7.79. The van der Waals surface area contributed by atoms with Gasteiger partial charge in [-0.05, 0) is 75.6 Å². The average molecular weight is 363 g/mol. The Bertz CT molecular complexity index is 702. The Morgan fingerprint density at radius 1 is 0.741 bits per heavy atom. The van der Waals surface area contributed by atoms with Gasteiger partial charge in [0.15, 0.2) is 0 Å². The summed E-state index contributed by atoms with van der Waals surface area (Å²) in [5.41, 5.74) is 4.68. The molecule has 0 amide bonds. The number of aryl methyl sites for hydroxylation is 2. The number of hydrogen-bond acceptors (Lipinski definition) is 1. The molecule has 1 nitrogen and oxygen atoms in total. The largest absolute Gasteiger partial charge is 0.370 e. The minimum Gasteiger partial charge on any atom is -0.370 e. The number of hydrogen-bond donors (Lipinski definition) is 0. The van der Waals surface area contributed by atoms with E-state index in [1.165, 1.54) is 22.3 Å². The lowest BCUT2D eigenvalue weighted by atomic mass is 9.93. The van der Waals surface area contributed by atoms with Gasteiger partial charge in [0.05, 0.1) is 11.2 Å². The maximum absolute atomic E-state index is 6.54. The third kappa shape index (κ3) is 7.19. The zero-order valence-corrected chi connectivity index (χ0v) is 17.4. The third-order valence-corrected chi connectivity index (χ3v) is 4.96. The highest BCUT2D eigenvalue weighted by atomic mass is 16.5. The summed E-state index contributed by atoms with van der Waals surface area (Å²) in [6.45, 7) is 16.5. The fourth-order valence-electron chi connectivity index (χ4n) is 3.49. The number of rotatable bonds is 10. The van der Waals surface area contributed by atoms with Crippen molar-refractivity contribution in [2.45, 2.75) is 64.6 Å². The van der Waals surface area contributed by atoms with Crippen LogP contribution in [0.1, 0.15) is 62.8 Å². The molecular formula is C26H34O. The van der Waals surface area contributed by atoms with Gasteiger partial charge in [-0.15, -0.1) is 0 Å². The monoisotopic (exact) mass is 362 g/mol. The van der Waals surface area contributed by atoms with Crippen LogP contribution < -0.4 is 0 Å². The summed E-state index contributed by atoms with van der Waals surface area (Å²) in [5.74, 6) is 0. The van der Waals surface area contributed by atoms with Gasteiger partial charge in [-0.3, -0.25) is 0 Å². The predicted molar refractivity (Wildman–Crippen MR) is 119 cm³/mol. The van der Waals surface area contributed by atoms with Gasteiger partial charge in [0, 0.05) is 0 Å². The van der Waals surface area contributed by atoms with Crippen LogP contribution in [0, 0.1) is 0 Å². The van der Waals surface area contributed by atoms with Gasteiger partial charge in [-0.2, -0.15) is 0 Å². The van der Waals surface area contributed by atoms with Gasteiger partial charge in [0.1, 0.15) is 0 Å². The van der Waals surface area contributed by atoms with E-state index in [2.05, 4.69) is 89.4 Å². The van der Waals surface area contributed by atoms with E-state index in [1.54, 1.807) is 0 Å². The van der Waals surface area contributed by atoms with Crippen molar-refractivity contribution in [3.8, 4) is 0 Å². The molecule has 27 heavy (non-hydrogen) atoms. The van der Waals surface area contributed by atoms with Gasteiger partial charge < -0.3 is 4.74 Å². The van der Waals surface area contributed by atoms with Crippen molar-refractivity contribution in [3.63, 3.8) is 0 Å². The van der Waals surface area contributed by atoms with Crippen molar-refractivity contribution in [1.29, 1.82) is 0 Å². The molecule has 0 N–H and O–H groups in total. The molecule has 0 unspecified atom stereocenters. The highest BCUT2D eigenvalue weighted by Gasteiger charge is 2.28.